The van der Waals surface area contributed by atoms with Crippen LogP contribution in [-0.4, -0.2) is 18.5 Å². The lowest BCUT2D eigenvalue weighted by Gasteiger charge is -2.16. The van der Waals surface area contributed by atoms with Crippen molar-refractivity contribution in [3.05, 3.63) is 53.7 Å². The maximum absolute atomic E-state index is 8.48. The van der Waals surface area contributed by atoms with Gasteiger partial charge in [0.05, 0.1) is 19.0 Å². The summed E-state index contributed by atoms with van der Waals surface area (Å²) in [6, 6.07) is 8.11. The molecule has 2 aromatic rings. The van der Waals surface area contributed by atoms with E-state index >= 15 is 0 Å². The first-order chi connectivity index (χ1) is 10.1. The van der Waals surface area contributed by atoms with Gasteiger partial charge in [-0.25, -0.2) is 0 Å². The number of hydrogen-bond donors (Lipinski definition) is 1. The second kappa shape index (κ2) is 6.12. The molecule has 21 heavy (non-hydrogen) atoms. The summed E-state index contributed by atoms with van der Waals surface area (Å²) in [6.07, 6.45) is 4.07. The van der Waals surface area contributed by atoms with E-state index in [0.29, 0.717) is 5.71 Å². The summed E-state index contributed by atoms with van der Waals surface area (Å²) >= 11 is 10.2. The molecule has 0 atom stereocenters. The molecular weight excluding hydrogens is 432 g/mol. The summed E-state index contributed by atoms with van der Waals surface area (Å²) in [7, 11) is 1.74. The molecule has 6 heteroatoms. The molecule has 0 saturated carbocycles. The van der Waals surface area contributed by atoms with E-state index in [1.165, 1.54) is 0 Å². The highest BCUT2D eigenvalue weighted by Gasteiger charge is 2.23. The van der Waals surface area contributed by atoms with Gasteiger partial charge < -0.3 is 0 Å². The molecule has 1 aliphatic rings. The number of allylic oxidation sites excluding steroid dienone is 4. The fraction of sp³-hybridized carbons (Fsp3) is 0.0667. The summed E-state index contributed by atoms with van der Waals surface area (Å²) in [5.74, 6) is 0. The van der Waals surface area contributed by atoms with Gasteiger partial charge in [0.2, 0.25) is 0 Å². The van der Waals surface area contributed by atoms with Crippen molar-refractivity contribution in [3.63, 3.8) is 0 Å². The number of rotatable bonds is 2. The van der Waals surface area contributed by atoms with E-state index in [-0.39, 0.29) is 0 Å². The third-order valence-electron chi connectivity index (χ3n) is 3.08. The molecule has 0 bridgehead atoms. The Balaban J connectivity index is 2.09. The fourth-order valence-corrected chi connectivity index (χ4v) is 4.98. The Morgan fingerprint density at radius 2 is 1.43 bits per heavy atom. The highest BCUT2D eigenvalue weighted by atomic mass is 79.9. The van der Waals surface area contributed by atoms with Crippen molar-refractivity contribution in [1.82, 2.24) is 0 Å². The molecule has 2 aromatic heterocycles. The van der Waals surface area contributed by atoms with Gasteiger partial charge in [-0.15, -0.1) is 22.7 Å². The van der Waals surface area contributed by atoms with Crippen molar-refractivity contribution < 1.29 is 0 Å². The lowest BCUT2D eigenvalue weighted by atomic mass is 9.92. The van der Waals surface area contributed by atoms with Gasteiger partial charge in [0.1, 0.15) is 0 Å². The van der Waals surface area contributed by atoms with Gasteiger partial charge in [0.25, 0.3) is 0 Å². The highest BCUT2D eigenvalue weighted by Crippen LogP contribution is 2.35. The third-order valence-corrected chi connectivity index (χ3v) is 6.39. The molecular formula is C15H10Br2N2S2. The van der Waals surface area contributed by atoms with E-state index in [1.807, 2.05) is 24.3 Å². The van der Waals surface area contributed by atoms with Gasteiger partial charge in [-0.1, -0.05) is 12.2 Å². The van der Waals surface area contributed by atoms with Crippen molar-refractivity contribution in [2.45, 2.75) is 0 Å². The summed E-state index contributed by atoms with van der Waals surface area (Å²) in [5.41, 5.74) is 3.16. The molecule has 2 heterocycles. The molecule has 0 aliphatic heterocycles. The Kier molecular flexibility index (Phi) is 4.40. The largest absolute Gasteiger partial charge is 0.298 e. The zero-order valence-corrected chi connectivity index (χ0v) is 15.8. The molecule has 0 saturated heterocycles. The maximum Gasteiger partial charge on any atom is 0.0913 e. The molecule has 0 unspecified atom stereocenters. The van der Waals surface area contributed by atoms with Crippen LogP contribution in [0.15, 0.2) is 49.0 Å². The second-order valence-corrected chi connectivity index (χ2v) is 9.24. The second-order valence-electron chi connectivity index (χ2n) is 4.32. The summed E-state index contributed by atoms with van der Waals surface area (Å²) < 4.78 is 2.15. The van der Waals surface area contributed by atoms with Crippen LogP contribution < -0.4 is 0 Å². The minimum absolute atomic E-state index is 0.480. The standard InChI is InChI=1S/C15H10Br2N2S2/c1-19-15-9(11-5-7-13(17)21-11)3-2-8(14(15)18)10-4-6-12(16)20-10/h2-7,18H,1H3. The Morgan fingerprint density at radius 1 is 0.905 bits per heavy atom. The molecule has 3 rings (SSSR count). The Hall–Kier alpha value is -0.820. The number of hydrogen-bond acceptors (Lipinski definition) is 4. The molecule has 0 amide bonds. The van der Waals surface area contributed by atoms with Crippen molar-refractivity contribution in [2.75, 3.05) is 7.05 Å². The average Bonchev–Trinajstić information content (AvgIpc) is 3.07. The van der Waals surface area contributed by atoms with Gasteiger partial charge in [-0.05, 0) is 56.1 Å². The van der Waals surface area contributed by atoms with Gasteiger partial charge >= 0.3 is 0 Å². The number of aliphatic imine (C=N–C) groups is 1. The van der Waals surface area contributed by atoms with Crippen LogP contribution in [-0.2, 0) is 0 Å². The molecule has 1 aliphatic carbocycles. The van der Waals surface area contributed by atoms with Crippen LogP contribution in [0.1, 0.15) is 9.75 Å². The zero-order chi connectivity index (χ0) is 15.0. The van der Waals surface area contributed by atoms with E-state index < -0.39 is 0 Å². The Labute approximate surface area is 147 Å². The first kappa shape index (κ1) is 15.1. The molecule has 1 N–H and O–H groups in total. The Bertz CT molecular complexity index is 809. The van der Waals surface area contributed by atoms with Gasteiger partial charge in [0, 0.05) is 27.9 Å². The minimum atomic E-state index is 0.480. The van der Waals surface area contributed by atoms with Crippen LogP contribution in [0.4, 0.5) is 0 Å². The number of nitrogens with one attached hydrogen (secondary N) is 1. The van der Waals surface area contributed by atoms with E-state index in [1.54, 1.807) is 29.7 Å². The van der Waals surface area contributed by atoms with Crippen LogP contribution in [0.5, 0.6) is 0 Å². The molecule has 0 fully saturated rings. The molecule has 106 valence electrons. The summed E-state index contributed by atoms with van der Waals surface area (Å²) in [5, 5.41) is 8.48. The number of thiophene rings is 2. The summed E-state index contributed by atoms with van der Waals surface area (Å²) in [6.45, 7) is 0. The minimum Gasteiger partial charge on any atom is -0.298 e. The third kappa shape index (κ3) is 2.90. The van der Waals surface area contributed by atoms with Crippen molar-refractivity contribution in [2.24, 2.45) is 4.99 Å². The molecule has 0 radical (unpaired) electrons. The first-order valence-corrected chi connectivity index (χ1v) is 9.32. The van der Waals surface area contributed by atoms with Crippen LogP contribution in [0, 0.1) is 5.41 Å². The SMILES string of the molecule is CN=C1C(=N)C(c2ccc(Br)s2)=CC=C1c1ccc(Br)s1. The zero-order valence-electron chi connectivity index (χ0n) is 11.0. The lowest BCUT2D eigenvalue weighted by Crippen LogP contribution is -2.19. The van der Waals surface area contributed by atoms with Gasteiger partial charge in [-0.2, -0.15) is 0 Å². The quantitative estimate of drug-likeness (QED) is 0.562. The smallest absolute Gasteiger partial charge is 0.0913 e. The maximum atomic E-state index is 8.48. The monoisotopic (exact) mass is 440 g/mol. The molecule has 0 spiro atoms. The van der Waals surface area contributed by atoms with Crippen LogP contribution in [0.25, 0.3) is 11.1 Å². The molecule has 2 nitrogen and oxygen atoms in total. The Morgan fingerprint density at radius 3 is 1.90 bits per heavy atom. The van der Waals surface area contributed by atoms with Crippen molar-refractivity contribution in [1.29, 1.82) is 5.41 Å². The normalized spacial score (nSPS) is 17.1. The topological polar surface area (TPSA) is 36.2 Å². The van der Waals surface area contributed by atoms with E-state index in [4.69, 9.17) is 5.41 Å². The van der Waals surface area contributed by atoms with Crippen LogP contribution in [0.3, 0.4) is 0 Å². The molecule has 0 aromatic carbocycles. The average molecular weight is 442 g/mol. The van der Waals surface area contributed by atoms with Crippen LogP contribution in [0.2, 0.25) is 0 Å². The van der Waals surface area contributed by atoms with Crippen molar-refractivity contribution in [3.8, 4) is 0 Å². The highest BCUT2D eigenvalue weighted by molar-refractivity contribution is 9.11. The number of halogens is 2. The van der Waals surface area contributed by atoms with E-state index in [2.05, 4.69) is 49.0 Å². The van der Waals surface area contributed by atoms with E-state index in [9.17, 15) is 0 Å². The summed E-state index contributed by atoms with van der Waals surface area (Å²) in [4.78, 5) is 6.55. The van der Waals surface area contributed by atoms with Gasteiger partial charge in [-0.3, -0.25) is 10.4 Å². The fourth-order valence-electron chi connectivity index (χ4n) is 2.15. The van der Waals surface area contributed by atoms with Crippen molar-refractivity contribution >= 4 is 77.1 Å². The van der Waals surface area contributed by atoms with Crippen LogP contribution >= 0.6 is 54.5 Å². The predicted octanol–water partition coefficient (Wildman–Crippen LogP) is 5.91. The van der Waals surface area contributed by atoms with Gasteiger partial charge in [0.15, 0.2) is 0 Å². The number of nitrogens with zero attached hydrogens (tertiary/aromatic N) is 1. The first-order valence-electron chi connectivity index (χ1n) is 6.10. The predicted molar refractivity (Wildman–Crippen MR) is 101 cm³/mol. The lowest BCUT2D eigenvalue weighted by molar-refractivity contribution is 1.44. The van der Waals surface area contributed by atoms with E-state index in [0.717, 1.165) is 34.2 Å².